The van der Waals surface area contributed by atoms with Gasteiger partial charge in [0.15, 0.2) is 19.7 Å². The van der Waals surface area contributed by atoms with Crippen molar-refractivity contribution in [1.82, 2.24) is 10.2 Å². The molecule has 0 aromatic heterocycles. The van der Waals surface area contributed by atoms with Crippen molar-refractivity contribution in [3.8, 4) is 0 Å². The number of rotatable bonds is 5. The highest BCUT2D eigenvalue weighted by Crippen LogP contribution is 2.19. The van der Waals surface area contributed by atoms with Gasteiger partial charge in [0.25, 0.3) is 5.69 Å². The lowest BCUT2D eigenvalue weighted by molar-refractivity contribution is -0.384. The number of hydrogen-bond donors (Lipinski definition) is 1. The minimum atomic E-state index is -2.94. The Kier molecular flexibility index (Phi) is 6.37. The van der Waals surface area contributed by atoms with Crippen molar-refractivity contribution in [3.63, 3.8) is 0 Å². The van der Waals surface area contributed by atoms with Crippen LogP contribution in [0.1, 0.15) is 5.56 Å². The number of hydrogen-bond acceptors (Lipinski definition) is 8. The highest BCUT2D eigenvalue weighted by atomic mass is 32.2. The summed E-state index contributed by atoms with van der Waals surface area (Å²) in [5.74, 6) is 0. The van der Waals surface area contributed by atoms with Crippen molar-refractivity contribution in [1.29, 1.82) is 0 Å². The Balaban J connectivity index is 0.000000254. The molecule has 2 heterocycles. The molecule has 0 amide bonds. The summed E-state index contributed by atoms with van der Waals surface area (Å²) in [5.41, 5.74) is 1.02. The van der Waals surface area contributed by atoms with Gasteiger partial charge in [-0.15, -0.1) is 0 Å². The van der Waals surface area contributed by atoms with E-state index in [2.05, 4.69) is 5.32 Å². The molecule has 9 nitrogen and oxygen atoms in total. The maximum Gasteiger partial charge on any atom is 0.269 e. The summed E-state index contributed by atoms with van der Waals surface area (Å²) >= 11 is 0. The molecule has 0 unspecified atom stereocenters. The second-order valence-electron chi connectivity index (χ2n) is 6.68. The minimum Gasteiger partial charge on any atom is -0.314 e. The first-order valence-electron chi connectivity index (χ1n) is 8.01. The summed E-state index contributed by atoms with van der Waals surface area (Å²) in [5, 5.41) is 13.0. The van der Waals surface area contributed by atoms with Crippen LogP contribution in [0.15, 0.2) is 24.3 Å². The highest BCUT2D eigenvalue weighted by molar-refractivity contribution is 7.91. The Bertz CT molecular complexity index is 842. The summed E-state index contributed by atoms with van der Waals surface area (Å²) in [6.07, 6.45) is 2.53. The van der Waals surface area contributed by atoms with Gasteiger partial charge >= 0.3 is 0 Å². The van der Waals surface area contributed by atoms with Crippen LogP contribution in [0.2, 0.25) is 0 Å². The van der Waals surface area contributed by atoms with E-state index in [4.69, 9.17) is 0 Å². The van der Waals surface area contributed by atoms with E-state index >= 15 is 0 Å². The third-order valence-electron chi connectivity index (χ3n) is 4.43. The lowest BCUT2D eigenvalue weighted by atomic mass is 10.1. The third-order valence-corrected chi connectivity index (χ3v) is 7.49. The van der Waals surface area contributed by atoms with E-state index in [0.717, 1.165) is 5.56 Å². The normalized spacial score (nSPS) is 19.0. The lowest BCUT2D eigenvalue weighted by Gasteiger charge is -2.37. The van der Waals surface area contributed by atoms with Crippen LogP contribution in [-0.2, 0) is 26.2 Å². The van der Waals surface area contributed by atoms with Crippen LogP contribution < -0.4 is 5.32 Å². The molecule has 3 rings (SSSR count). The molecule has 0 spiro atoms. The molecule has 0 atom stereocenters. The average Bonchev–Trinajstić information content (AvgIpc) is 2.38. The fourth-order valence-electron chi connectivity index (χ4n) is 2.47. The fourth-order valence-corrected chi connectivity index (χ4v) is 4.27. The van der Waals surface area contributed by atoms with Crippen LogP contribution in [-0.4, -0.2) is 75.8 Å². The molecule has 2 aliphatic heterocycles. The zero-order valence-corrected chi connectivity index (χ0v) is 16.3. The van der Waals surface area contributed by atoms with Crippen molar-refractivity contribution in [2.75, 3.05) is 38.7 Å². The van der Waals surface area contributed by atoms with E-state index < -0.39 is 24.6 Å². The maximum absolute atomic E-state index is 11.2. The van der Waals surface area contributed by atoms with Gasteiger partial charge in [0.05, 0.1) is 15.4 Å². The van der Waals surface area contributed by atoms with Crippen LogP contribution in [0.5, 0.6) is 0 Å². The van der Waals surface area contributed by atoms with Gasteiger partial charge in [-0.05, 0) is 5.56 Å². The van der Waals surface area contributed by atoms with Crippen LogP contribution in [0.25, 0.3) is 0 Å². The number of nitro groups is 1. The largest absolute Gasteiger partial charge is 0.314 e. The quantitative estimate of drug-likeness (QED) is 0.528. The first-order valence-corrected chi connectivity index (χ1v) is 11.9. The molecule has 1 aromatic carbocycles. The molecule has 26 heavy (non-hydrogen) atoms. The van der Waals surface area contributed by atoms with Crippen molar-refractivity contribution < 1.29 is 21.8 Å². The van der Waals surface area contributed by atoms with Gasteiger partial charge in [-0.3, -0.25) is 15.0 Å². The van der Waals surface area contributed by atoms with E-state index in [-0.39, 0.29) is 16.2 Å². The number of likely N-dealkylation sites (tertiary alicyclic amines) is 1. The zero-order valence-electron chi connectivity index (χ0n) is 14.7. The molecule has 0 aliphatic carbocycles. The first kappa shape index (κ1) is 20.7. The predicted molar refractivity (Wildman–Crippen MR) is 98.5 cm³/mol. The van der Waals surface area contributed by atoms with E-state index in [9.17, 15) is 26.9 Å². The molecule has 146 valence electrons. The van der Waals surface area contributed by atoms with Crippen LogP contribution in [0.3, 0.4) is 0 Å². The number of non-ortho nitro benzene ring substituents is 1. The molecule has 2 fully saturated rings. The minimum absolute atomic E-state index is 0.0661. The molecule has 0 saturated carbocycles. The van der Waals surface area contributed by atoms with Crippen LogP contribution in [0, 0.1) is 10.1 Å². The number of sulfone groups is 2. The maximum atomic E-state index is 11.2. The molecular formula is C15H23N3O6S2. The molecular weight excluding hydrogens is 382 g/mol. The standard InChI is InChI=1S/C11H14N2O4S.C4H9NO2S/c1-18(16,17)11-7-12(8-11)6-9-2-4-10(5-3-9)13(14)15;1-8(6,7)4-2-5-3-4/h2-5,11H,6-8H2,1H3;4-5H,2-3H2,1H3. The lowest BCUT2D eigenvalue weighted by Crippen LogP contribution is -2.53. The van der Waals surface area contributed by atoms with E-state index in [1.54, 1.807) is 12.1 Å². The summed E-state index contributed by atoms with van der Waals surface area (Å²) in [7, 11) is -5.67. The first-order chi connectivity index (χ1) is 12.0. The molecule has 0 radical (unpaired) electrons. The highest BCUT2D eigenvalue weighted by Gasteiger charge is 2.34. The van der Waals surface area contributed by atoms with Gasteiger partial charge in [-0.1, -0.05) is 12.1 Å². The van der Waals surface area contributed by atoms with E-state index in [1.165, 1.54) is 24.6 Å². The van der Waals surface area contributed by atoms with Gasteiger partial charge < -0.3 is 5.32 Å². The molecule has 2 saturated heterocycles. The molecule has 1 aromatic rings. The Morgan fingerprint density at radius 3 is 1.85 bits per heavy atom. The van der Waals surface area contributed by atoms with Crippen LogP contribution in [0.4, 0.5) is 5.69 Å². The topological polar surface area (TPSA) is 127 Å². The SMILES string of the molecule is CS(=O)(=O)C1CN(Cc2ccc([N+](=O)[O-])cc2)C1.CS(=O)(=O)C1CNC1. The zero-order chi connectivity index (χ0) is 19.5. The molecule has 0 bridgehead atoms. The molecule has 1 N–H and O–H groups in total. The van der Waals surface area contributed by atoms with Crippen molar-refractivity contribution in [2.45, 2.75) is 17.0 Å². The molecule has 11 heteroatoms. The summed E-state index contributed by atoms with van der Waals surface area (Å²) < 4.78 is 43.6. The second kappa shape index (κ2) is 7.99. The molecule has 2 aliphatic rings. The number of benzene rings is 1. The average molecular weight is 405 g/mol. The van der Waals surface area contributed by atoms with Crippen molar-refractivity contribution >= 4 is 25.4 Å². The number of nitrogens with zero attached hydrogens (tertiary/aromatic N) is 2. The Morgan fingerprint density at radius 2 is 1.54 bits per heavy atom. The predicted octanol–water partition coefficient (Wildman–Crippen LogP) is -0.174. The van der Waals surface area contributed by atoms with E-state index in [0.29, 0.717) is 32.7 Å². The smallest absolute Gasteiger partial charge is 0.269 e. The van der Waals surface area contributed by atoms with Gasteiger partial charge in [-0.25, -0.2) is 16.8 Å². The third kappa shape index (κ3) is 5.73. The summed E-state index contributed by atoms with van der Waals surface area (Å²) in [6, 6.07) is 6.32. The van der Waals surface area contributed by atoms with Gasteiger partial charge in [0, 0.05) is 57.4 Å². The monoisotopic (exact) mass is 405 g/mol. The van der Waals surface area contributed by atoms with Gasteiger partial charge in [0.1, 0.15) is 0 Å². The van der Waals surface area contributed by atoms with Crippen molar-refractivity contribution in [2.24, 2.45) is 0 Å². The van der Waals surface area contributed by atoms with Gasteiger partial charge in [0.2, 0.25) is 0 Å². The summed E-state index contributed by atoms with van der Waals surface area (Å²) in [6.45, 7) is 2.98. The van der Waals surface area contributed by atoms with E-state index in [1.807, 2.05) is 4.90 Å². The Labute approximate surface area is 153 Å². The fraction of sp³-hybridized carbons (Fsp3) is 0.600. The Morgan fingerprint density at radius 1 is 1.04 bits per heavy atom. The number of nitrogens with one attached hydrogen (secondary N) is 1. The van der Waals surface area contributed by atoms with Crippen molar-refractivity contribution in [3.05, 3.63) is 39.9 Å². The van der Waals surface area contributed by atoms with Gasteiger partial charge in [-0.2, -0.15) is 0 Å². The summed E-state index contributed by atoms with van der Waals surface area (Å²) in [4.78, 5) is 12.1. The van der Waals surface area contributed by atoms with Crippen LogP contribution >= 0.6 is 0 Å². The Hall–Kier alpha value is -1.56. The number of nitro benzene ring substituents is 1. The second-order valence-corrected chi connectivity index (χ2v) is 11.3.